The van der Waals surface area contributed by atoms with Gasteiger partial charge in [-0.2, -0.15) is 0 Å². The quantitative estimate of drug-likeness (QED) is 0.642. The van der Waals surface area contributed by atoms with Crippen LogP contribution in [-0.2, 0) is 13.6 Å². The zero-order valence-corrected chi connectivity index (χ0v) is 10.9. The Balaban J connectivity index is 2.55. The third-order valence-corrected chi connectivity index (χ3v) is 3.71. The Hall–Kier alpha value is -2.03. The van der Waals surface area contributed by atoms with Crippen molar-refractivity contribution in [2.45, 2.75) is 20.4 Å². The van der Waals surface area contributed by atoms with Gasteiger partial charge in [-0.3, -0.25) is 4.79 Å². The average molecular weight is 240 g/mol. The zero-order chi connectivity index (χ0) is 12.9. The molecule has 2 aromatic heterocycles. The predicted octanol–water partition coefficient (Wildman–Crippen LogP) is 2.82. The minimum Gasteiger partial charge on any atom is -0.345 e. The molecule has 18 heavy (non-hydrogen) atoms. The molecule has 1 aromatic carbocycles. The number of aryl methyl sites for hydroxylation is 3. The topological polar surface area (TPSA) is 26.9 Å². The summed E-state index contributed by atoms with van der Waals surface area (Å²) in [5, 5.41) is 2.37. The van der Waals surface area contributed by atoms with E-state index in [1.807, 2.05) is 19.2 Å². The summed E-state index contributed by atoms with van der Waals surface area (Å²) in [5.41, 5.74) is 3.52. The van der Waals surface area contributed by atoms with E-state index >= 15 is 0 Å². The fourth-order valence-electron chi connectivity index (χ4n) is 2.75. The molecule has 2 heterocycles. The summed E-state index contributed by atoms with van der Waals surface area (Å²) < 4.78 is 3.99. The second-order valence-corrected chi connectivity index (χ2v) is 4.69. The highest BCUT2D eigenvalue weighted by molar-refractivity contribution is 6.05. The Bertz CT molecular complexity index is 809. The lowest BCUT2D eigenvalue weighted by Gasteiger charge is -2.07. The van der Waals surface area contributed by atoms with Crippen LogP contribution in [0.15, 0.2) is 35.1 Å². The van der Waals surface area contributed by atoms with Gasteiger partial charge in [0.15, 0.2) is 0 Å². The van der Waals surface area contributed by atoms with Crippen molar-refractivity contribution in [3.63, 3.8) is 0 Å². The maximum absolute atomic E-state index is 11.7. The molecule has 92 valence electrons. The first-order valence-corrected chi connectivity index (χ1v) is 6.22. The van der Waals surface area contributed by atoms with Gasteiger partial charge in [0.25, 0.3) is 5.56 Å². The second kappa shape index (κ2) is 3.73. The van der Waals surface area contributed by atoms with Gasteiger partial charge in [-0.15, -0.1) is 0 Å². The molecule has 0 saturated carbocycles. The standard InChI is InChI=1S/C15H16N2O/c1-4-17-10(2)9-12-11-5-8-15(18)16(3)13(11)6-7-14(12)17/h5-9H,4H2,1-3H3. The minimum atomic E-state index is 0.0356. The van der Waals surface area contributed by atoms with Gasteiger partial charge < -0.3 is 9.13 Å². The molecule has 0 atom stereocenters. The molecule has 0 saturated heterocycles. The van der Waals surface area contributed by atoms with Crippen molar-refractivity contribution in [3.05, 3.63) is 46.4 Å². The summed E-state index contributed by atoms with van der Waals surface area (Å²) in [6.07, 6.45) is 0. The molecular weight excluding hydrogens is 224 g/mol. The van der Waals surface area contributed by atoms with Crippen LogP contribution < -0.4 is 5.56 Å². The summed E-state index contributed by atoms with van der Waals surface area (Å²) in [6, 6.07) is 9.91. The number of rotatable bonds is 1. The molecule has 3 rings (SSSR count). The highest BCUT2D eigenvalue weighted by atomic mass is 16.1. The van der Waals surface area contributed by atoms with Crippen LogP contribution in [-0.4, -0.2) is 9.13 Å². The maximum atomic E-state index is 11.7. The molecule has 0 bridgehead atoms. The van der Waals surface area contributed by atoms with E-state index in [1.165, 1.54) is 16.6 Å². The largest absolute Gasteiger partial charge is 0.345 e. The van der Waals surface area contributed by atoms with Gasteiger partial charge in [-0.1, -0.05) is 0 Å². The molecule has 0 spiro atoms. The Morgan fingerprint density at radius 2 is 1.78 bits per heavy atom. The predicted molar refractivity (Wildman–Crippen MR) is 75.1 cm³/mol. The van der Waals surface area contributed by atoms with Crippen LogP contribution in [0.1, 0.15) is 12.6 Å². The highest BCUT2D eigenvalue weighted by Crippen LogP contribution is 2.27. The number of pyridine rings is 1. The zero-order valence-electron chi connectivity index (χ0n) is 10.9. The summed E-state index contributed by atoms with van der Waals surface area (Å²) in [7, 11) is 1.82. The lowest BCUT2D eigenvalue weighted by Crippen LogP contribution is -2.14. The van der Waals surface area contributed by atoms with Crippen LogP contribution in [0.4, 0.5) is 0 Å². The number of fused-ring (bicyclic) bond motifs is 3. The smallest absolute Gasteiger partial charge is 0.250 e. The first-order chi connectivity index (χ1) is 8.63. The van der Waals surface area contributed by atoms with Gasteiger partial charge in [0.1, 0.15) is 0 Å². The van der Waals surface area contributed by atoms with E-state index in [4.69, 9.17) is 0 Å². The molecule has 3 heteroatoms. The van der Waals surface area contributed by atoms with Crippen molar-refractivity contribution in [2.24, 2.45) is 7.05 Å². The second-order valence-electron chi connectivity index (χ2n) is 4.69. The Morgan fingerprint density at radius 3 is 2.50 bits per heavy atom. The first kappa shape index (κ1) is 11.1. The summed E-state index contributed by atoms with van der Waals surface area (Å²) in [5.74, 6) is 0. The third-order valence-electron chi connectivity index (χ3n) is 3.71. The average Bonchev–Trinajstić information content (AvgIpc) is 2.69. The summed E-state index contributed by atoms with van der Waals surface area (Å²) in [6.45, 7) is 5.24. The van der Waals surface area contributed by atoms with Gasteiger partial charge in [-0.05, 0) is 38.1 Å². The Kier molecular flexibility index (Phi) is 2.30. The van der Waals surface area contributed by atoms with Crippen molar-refractivity contribution in [2.75, 3.05) is 0 Å². The third kappa shape index (κ3) is 1.33. The lowest BCUT2D eigenvalue weighted by molar-refractivity contribution is 0.770. The fourth-order valence-corrected chi connectivity index (χ4v) is 2.75. The molecule has 0 aliphatic rings. The molecule has 0 fully saturated rings. The van der Waals surface area contributed by atoms with Gasteiger partial charge in [-0.25, -0.2) is 0 Å². The van der Waals surface area contributed by atoms with Crippen molar-refractivity contribution in [3.8, 4) is 0 Å². The number of hydrogen-bond donors (Lipinski definition) is 0. The molecule has 3 aromatic rings. The molecular formula is C15H16N2O. The molecule has 0 aliphatic carbocycles. The summed E-state index contributed by atoms with van der Waals surface area (Å²) >= 11 is 0. The van der Waals surface area contributed by atoms with E-state index in [0.717, 1.165) is 17.4 Å². The molecule has 0 radical (unpaired) electrons. The van der Waals surface area contributed by atoms with Crippen molar-refractivity contribution in [1.29, 1.82) is 0 Å². The van der Waals surface area contributed by atoms with E-state index in [2.05, 4.69) is 30.5 Å². The number of aromatic nitrogens is 2. The van der Waals surface area contributed by atoms with Crippen LogP contribution in [0, 0.1) is 6.92 Å². The Labute approximate surface area is 105 Å². The van der Waals surface area contributed by atoms with Gasteiger partial charge in [0.05, 0.1) is 5.52 Å². The van der Waals surface area contributed by atoms with Crippen molar-refractivity contribution in [1.82, 2.24) is 9.13 Å². The molecule has 0 N–H and O–H groups in total. The van der Waals surface area contributed by atoms with Crippen LogP contribution in [0.5, 0.6) is 0 Å². The van der Waals surface area contributed by atoms with Crippen LogP contribution in [0.2, 0.25) is 0 Å². The normalized spacial score (nSPS) is 11.5. The van der Waals surface area contributed by atoms with E-state index in [1.54, 1.807) is 10.6 Å². The van der Waals surface area contributed by atoms with Crippen LogP contribution in [0.25, 0.3) is 21.8 Å². The SMILES string of the molecule is CCn1c(C)cc2c3ccc(=O)n(C)c3ccc21. The number of nitrogens with zero attached hydrogens (tertiary/aromatic N) is 2. The highest BCUT2D eigenvalue weighted by Gasteiger charge is 2.09. The molecule has 0 aliphatic heterocycles. The van der Waals surface area contributed by atoms with Gasteiger partial charge >= 0.3 is 0 Å². The van der Waals surface area contributed by atoms with Gasteiger partial charge in [0.2, 0.25) is 0 Å². The van der Waals surface area contributed by atoms with E-state index in [0.29, 0.717) is 0 Å². The number of hydrogen-bond acceptors (Lipinski definition) is 1. The van der Waals surface area contributed by atoms with Crippen molar-refractivity contribution >= 4 is 21.8 Å². The lowest BCUT2D eigenvalue weighted by atomic mass is 10.1. The van der Waals surface area contributed by atoms with E-state index in [9.17, 15) is 4.79 Å². The molecule has 3 nitrogen and oxygen atoms in total. The van der Waals surface area contributed by atoms with Gasteiger partial charge in [0, 0.05) is 41.6 Å². The summed E-state index contributed by atoms with van der Waals surface area (Å²) in [4.78, 5) is 11.7. The fraction of sp³-hybridized carbons (Fsp3) is 0.267. The Morgan fingerprint density at radius 1 is 1.06 bits per heavy atom. The van der Waals surface area contributed by atoms with Crippen LogP contribution >= 0.6 is 0 Å². The molecule has 0 amide bonds. The van der Waals surface area contributed by atoms with E-state index < -0.39 is 0 Å². The van der Waals surface area contributed by atoms with E-state index in [-0.39, 0.29) is 5.56 Å². The maximum Gasteiger partial charge on any atom is 0.250 e. The molecule has 0 unspecified atom stereocenters. The number of benzene rings is 1. The first-order valence-electron chi connectivity index (χ1n) is 6.22. The monoisotopic (exact) mass is 240 g/mol. The van der Waals surface area contributed by atoms with Crippen LogP contribution in [0.3, 0.4) is 0 Å². The van der Waals surface area contributed by atoms with Crippen molar-refractivity contribution < 1.29 is 0 Å². The minimum absolute atomic E-state index is 0.0356.